The first-order valence-corrected chi connectivity index (χ1v) is 8.51. The average Bonchev–Trinajstić information content (AvgIpc) is 2.11. The lowest BCUT2D eigenvalue weighted by atomic mass is 9.85. The molecule has 0 aliphatic carbocycles. The third kappa shape index (κ3) is 5.74. The van der Waals surface area contributed by atoms with E-state index in [0.717, 1.165) is 12.0 Å². The topological polar surface area (TPSA) is 60.2 Å². The molecule has 2 N–H and O–H groups in total. The van der Waals surface area contributed by atoms with Gasteiger partial charge in [0.05, 0.1) is 5.75 Å². The summed E-state index contributed by atoms with van der Waals surface area (Å²) in [4.78, 5) is 0. The van der Waals surface area contributed by atoms with Crippen molar-refractivity contribution in [1.82, 2.24) is 0 Å². The molecule has 0 amide bonds. The second-order valence-electron chi connectivity index (χ2n) is 6.82. The van der Waals surface area contributed by atoms with E-state index in [1.165, 1.54) is 11.8 Å². The van der Waals surface area contributed by atoms with Gasteiger partial charge in [-0.3, -0.25) is 0 Å². The zero-order valence-corrected chi connectivity index (χ0v) is 13.3. The molecule has 1 rings (SSSR count). The molecular weight excluding hydrogens is 258 g/mol. The van der Waals surface area contributed by atoms with E-state index in [1.807, 2.05) is 52.0 Å². The Morgan fingerprint density at radius 3 is 1.89 bits per heavy atom. The van der Waals surface area contributed by atoms with Crippen LogP contribution in [0, 0.1) is 0 Å². The molecule has 1 aromatic carbocycles. The molecule has 108 valence electrons. The Hall–Kier alpha value is -0.870. The van der Waals surface area contributed by atoms with E-state index in [2.05, 4.69) is 0 Å². The van der Waals surface area contributed by atoms with Crippen LogP contribution in [0.1, 0.15) is 38.8 Å². The van der Waals surface area contributed by atoms with Crippen molar-refractivity contribution in [2.24, 2.45) is 5.73 Å². The van der Waals surface area contributed by atoms with Crippen molar-refractivity contribution < 1.29 is 8.42 Å². The van der Waals surface area contributed by atoms with Gasteiger partial charge in [-0.05, 0) is 31.4 Å². The molecule has 0 saturated carbocycles. The zero-order valence-electron chi connectivity index (χ0n) is 12.5. The van der Waals surface area contributed by atoms with Crippen LogP contribution in [0.15, 0.2) is 24.3 Å². The van der Waals surface area contributed by atoms with Gasteiger partial charge in [-0.1, -0.05) is 38.1 Å². The van der Waals surface area contributed by atoms with Crippen molar-refractivity contribution in [2.75, 3.05) is 12.0 Å². The lowest BCUT2D eigenvalue weighted by Crippen LogP contribution is -2.34. The molecular formula is C15H25NO2S. The second-order valence-corrected chi connectivity index (χ2v) is 8.96. The summed E-state index contributed by atoms with van der Waals surface area (Å²) < 4.78 is 22.9. The minimum Gasteiger partial charge on any atom is -0.325 e. The summed E-state index contributed by atoms with van der Waals surface area (Å²) >= 11 is 0. The molecule has 0 aromatic heterocycles. The molecule has 1 aromatic rings. The summed E-state index contributed by atoms with van der Waals surface area (Å²) in [6, 6.07) is 8.08. The van der Waals surface area contributed by atoms with Crippen molar-refractivity contribution >= 4 is 9.84 Å². The molecule has 4 heteroatoms. The summed E-state index contributed by atoms with van der Waals surface area (Å²) in [6.45, 7) is 7.90. The molecule has 0 spiro atoms. The Balaban J connectivity index is 2.92. The SMILES string of the molecule is CC(C)(N)Cc1ccc(C(C)(C)CS(C)(=O)=O)cc1. The van der Waals surface area contributed by atoms with Crippen LogP contribution in [0.2, 0.25) is 0 Å². The Bertz CT molecular complexity index is 522. The fourth-order valence-corrected chi connectivity index (χ4v) is 3.82. The maximum atomic E-state index is 11.5. The number of benzene rings is 1. The standard InChI is InChI=1S/C15H25NO2S/c1-14(2,11-19(5,17)18)13-8-6-12(7-9-13)10-15(3,4)16/h6-9H,10-11,16H2,1-5H3. The number of rotatable bonds is 5. The molecule has 0 aliphatic heterocycles. The molecule has 3 nitrogen and oxygen atoms in total. The minimum absolute atomic E-state index is 0.154. The fourth-order valence-electron chi connectivity index (χ4n) is 2.34. The first kappa shape index (κ1) is 16.2. The van der Waals surface area contributed by atoms with Crippen LogP contribution in [0.5, 0.6) is 0 Å². The summed E-state index contributed by atoms with van der Waals surface area (Å²) in [5.74, 6) is 0.154. The summed E-state index contributed by atoms with van der Waals surface area (Å²) in [6.07, 6.45) is 2.08. The minimum atomic E-state index is -2.99. The van der Waals surface area contributed by atoms with E-state index >= 15 is 0 Å². The van der Waals surface area contributed by atoms with E-state index in [4.69, 9.17) is 5.73 Å². The zero-order chi connectivity index (χ0) is 14.9. The monoisotopic (exact) mass is 283 g/mol. The van der Waals surface area contributed by atoms with Gasteiger partial charge in [0.15, 0.2) is 0 Å². The van der Waals surface area contributed by atoms with Crippen molar-refractivity contribution in [3.8, 4) is 0 Å². The summed E-state index contributed by atoms with van der Waals surface area (Å²) in [5, 5.41) is 0. The number of hydrogen-bond donors (Lipinski definition) is 1. The molecule has 0 unspecified atom stereocenters. The van der Waals surface area contributed by atoms with Crippen LogP contribution < -0.4 is 5.73 Å². The molecule has 0 aliphatic rings. The first-order valence-electron chi connectivity index (χ1n) is 6.45. The molecule has 0 atom stereocenters. The van der Waals surface area contributed by atoms with Crippen molar-refractivity contribution in [3.63, 3.8) is 0 Å². The molecule has 0 heterocycles. The van der Waals surface area contributed by atoms with Gasteiger partial charge in [0, 0.05) is 17.2 Å². The van der Waals surface area contributed by atoms with Gasteiger partial charge in [0.2, 0.25) is 0 Å². The van der Waals surface area contributed by atoms with E-state index in [-0.39, 0.29) is 16.7 Å². The van der Waals surface area contributed by atoms with Gasteiger partial charge in [-0.2, -0.15) is 0 Å². The van der Waals surface area contributed by atoms with Crippen molar-refractivity contribution in [3.05, 3.63) is 35.4 Å². The van der Waals surface area contributed by atoms with E-state index in [1.54, 1.807) is 0 Å². The average molecular weight is 283 g/mol. The highest BCUT2D eigenvalue weighted by Gasteiger charge is 2.25. The molecule has 0 radical (unpaired) electrons. The van der Waals surface area contributed by atoms with Crippen LogP contribution in [-0.4, -0.2) is 26.0 Å². The Morgan fingerprint density at radius 2 is 1.53 bits per heavy atom. The highest BCUT2D eigenvalue weighted by atomic mass is 32.2. The van der Waals surface area contributed by atoms with E-state index < -0.39 is 9.84 Å². The number of hydrogen-bond acceptors (Lipinski definition) is 3. The maximum Gasteiger partial charge on any atom is 0.148 e. The largest absolute Gasteiger partial charge is 0.325 e. The predicted molar refractivity (Wildman–Crippen MR) is 81.1 cm³/mol. The van der Waals surface area contributed by atoms with Gasteiger partial charge in [0.1, 0.15) is 9.84 Å². The van der Waals surface area contributed by atoms with Crippen LogP contribution in [0.4, 0.5) is 0 Å². The van der Waals surface area contributed by atoms with Gasteiger partial charge < -0.3 is 5.73 Å². The Kier molecular flexibility index (Phi) is 4.47. The first-order chi connectivity index (χ1) is 8.39. The second kappa shape index (κ2) is 5.25. The van der Waals surface area contributed by atoms with Crippen molar-refractivity contribution in [2.45, 2.75) is 45.1 Å². The van der Waals surface area contributed by atoms with Crippen molar-refractivity contribution in [1.29, 1.82) is 0 Å². The maximum absolute atomic E-state index is 11.5. The lowest BCUT2D eigenvalue weighted by Gasteiger charge is -2.25. The molecule has 0 fully saturated rings. The molecule has 0 saturated heterocycles. The van der Waals surface area contributed by atoms with Crippen LogP contribution in [0.3, 0.4) is 0 Å². The van der Waals surface area contributed by atoms with Crippen LogP contribution in [0.25, 0.3) is 0 Å². The van der Waals surface area contributed by atoms with Gasteiger partial charge in [0.25, 0.3) is 0 Å². The highest BCUT2D eigenvalue weighted by Crippen LogP contribution is 2.25. The van der Waals surface area contributed by atoms with Crippen LogP contribution in [-0.2, 0) is 21.7 Å². The summed E-state index contributed by atoms with van der Waals surface area (Å²) in [5.41, 5.74) is 7.60. The Morgan fingerprint density at radius 1 is 1.05 bits per heavy atom. The molecule has 19 heavy (non-hydrogen) atoms. The van der Waals surface area contributed by atoms with Gasteiger partial charge >= 0.3 is 0 Å². The van der Waals surface area contributed by atoms with Gasteiger partial charge in [-0.25, -0.2) is 8.42 Å². The molecule has 0 bridgehead atoms. The highest BCUT2D eigenvalue weighted by molar-refractivity contribution is 7.90. The number of sulfone groups is 1. The summed E-state index contributed by atoms with van der Waals surface area (Å²) in [7, 11) is -2.99. The quantitative estimate of drug-likeness (QED) is 0.902. The van der Waals surface area contributed by atoms with Crippen LogP contribution >= 0.6 is 0 Å². The van der Waals surface area contributed by atoms with E-state index in [0.29, 0.717) is 0 Å². The predicted octanol–water partition coefficient (Wildman–Crippen LogP) is 2.29. The number of nitrogens with two attached hydrogens (primary N) is 1. The normalized spacial score (nSPS) is 13.6. The smallest absolute Gasteiger partial charge is 0.148 e. The fraction of sp³-hybridized carbons (Fsp3) is 0.600. The van der Waals surface area contributed by atoms with E-state index in [9.17, 15) is 8.42 Å². The third-order valence-electron chi connectivity index (χ3n) is 3.02. The van der Waals surface area contributed by atoms with Gasteiger partial charge in [-0.15, -0.1) is 0 Å². The Labute approximate surface area is 117 Å². The lowest BCUT2D eigenvalue weighted by molar-refractivity contribution is 0.516. The third-order valence-corrected chi connectivity index (χ3v) is 4.26.